The first kappa shape index (κ1) is 10.6. The average Bonchev–Trinajstić information content (AvgIpc) is 2.59. The minimum absolute atomic E-state index is 0.241. The van der Waals surface area contributed by atoms with Crippen molar-refractivity contribution in [3.63, 3.8) is 0 Å². The third kappa shape index (κ3) is 2.79. The minimum Gasteiger partial charge on any atom is -0.341 e. The van der Waals surface area contributed by atoms with Crippen LogP contribution in [0, 0.1) is 6.92 Å². The lowest BCUT2D eigenvalue weighted by atomic mass is 10.5. The third-order valence-corrected chi connectivity index (χ3v) is 2.32. The highest BCUT2D eigenvalue weighted by atomic mass is 32.1. The second-order valence-corrected chi connectivity index (χ2v) is 3.84. The smallest absolute Gasteiger partial charge is 0.323 e. The van der Waals surface area contributed by atoms with Gasteiger partial charge in [0, 0.05) is 11.1 Å². The molecule has 1 rings (SSSR count). The van der Waals surface area contributed by atoms with Crippen LogP contribution in [0.1, 0.15) is 9.88 Å². The molecule has 1 aromatic heterocycles. The summed E-state index contributed by atoms with van der Waals surface area (Å²) in [5.41, 5.74) is 1.74. The van der Waals surface area contributed by atoms with Gasteiger partial charge in [-0.1, -0.05) is 0 Å². The molecule has 0 spiro atoms. The summed E-state index contributed by atoms with van der Waals surface area (Å²) in [6.07, 6.45) is 1.70. The van der Waals surface area contributed by atoms with Gasteiger partial charge in [-0.25, -0.2) is 10.8 Å². The van der Waals surface area contributed by atoms with E-state index in [1.807, 2.05) is 6.92 Å². The highest BCUT2D eigenvalue weighted by Gasteiger charge is 2.11. The predicted molar refractivity (Wildman–Crippen MR) is 51.0 cm³/mol. The Bertz CT molecular complexity index is 349. The normalized spacial score (nSPS) is 9.57. The van der Waals surface area contributed by atoms with Crippen LogP contribution in [0.3, 0.4) is 0 Å². The number of hydrazine groups is 1. The lowest BCUT2D eigenvalue weighted by molar-refractivity contribution is -0.139. The van der Waals surface area contributed by atoms with Gasteiger partial charge in [-0.3, -0.25) is 15.0 Å². The van der Waals surface area contributed by atoms with Gasteiger partial charge < -0.3 is 5.32 Å². The van der Waals surface area contributed by atoms with Crippen molar-refractivity contribution in [2.24, 2.45) is 5.84 Å². The number of hydrogen-bond acceptors (Lipinski definition) is 5. The van der Waals surface area contributed by atoms with Gasteiger partial charge in [0.25, 0.3) is 0 Å². The highest BCUT2D eigenvalue weighted by Crippen LogP contribution is 2.10. The van der Waals surface area contributed by atoms with Crippen molar-refractivity contribution < 1.29 is 9.59 Å². The second kappa shape index (κ2) is 4.68. The number of carbonyl (C=O) groups excluding carboxylic acids is 2. The number of nitrogens with two attached hydrogens (primary N) is 1. The Morgan fingerprint density at radius 2 is 2.29 bits per heavy atom. The summed E-state index contributed by atoms with van der Waals surface area (Å²) in [4.78, 5) is 26.7. The van der Waals surface area contributed by atoms with Crippen LogP contribution in [-0.2, 0) is 16.1 Å². The number of aryl methyl sites for hydroxylation is 1. The van der Waals surface area contributed by atoms with E-state index in [2.05, 4.69) is 10.3 Å². The number of nitrogens with one attached hydrogen (secondary N) is 2. The van der Waals surface area contributed by atoms with E-state index in [4.69, 9.17) is 5.84 Å². The molecular weight excluding hydrogens is 204 g/mol. The van der Waals surface area contributed by atoms with Gasteiger partial charge in [0.15, 0.2) is 0 Å². The summed E-state index contributed by atoms with van der Waals surface area (Å²) in [5.74, 6) is 3.15. The summed E-state index contributed by atoms with van der Waals surface area (Å²) >= 11 is 1.46. The Hall–Kier alpha value is -1.47. The van der Waals surface area contributed by atoms with Crippen LogP contribution in [0.15, 0.2) is 6.20 Å². The summed E-state index contributed by atoms with van der Waals surface area (Å²) in [5, 5.41) is 3.13. The molecule has 0 atom stereocenters. The maximum atomic E-state index is 10.9. The van der Waals surface area contributed by atoms with Crippen LogP contribution in [-0.4, -0.2) is 16.8 Å². The van der Waals surface area contributed by atoms with Crippen molar-refractivity contribution in [1.82, 2.24) is 15.7 Å². The first-order chi connectivity index (χ1) is 6.63. The molecule has 0 fully saturated rings. The first-order valence-electron chi connectivity index (χ1n) is 3.83. The predicted octanol–water partition coefficient (Wildman–Crippen LogP) is -0.942. The van der Waals surface area contributed by atoms with Crippen LogP contribution < -0.4 is 16.6 Å². The second-order valence-electron chi connectivity index (χ2n) is 2.52. The van der Waals surface area contributed by atoms with Crippen LogP contribution >= 0.6 is 11.3 Å². The number of aromatic nitrogens is 1. The molecule has 0 radical (unpaired) electrons. The monoisotopic (exact) mass is 214 g/mol. The topological polar surface area (TPSA) is 97.1 Å². The average molecular weight is 214 g/mol. The Morgan fingerprint density at radius 3 is 2.79 bits per heavy atom. The van der Waals surface area contributed by atoms with Crippen LogP contribution in [0.25, 0.3) is 0 Å². The summed E-state index contributed by atoms with van der Waals surface area (Å²) in [6, 6.07) is 0. The van der Waals surface area contributed by atoms with Crippen LogP contribution in [0.4, 0.5) is 0 Å². The van der Waals surface area contributed by atoms with Crippen LogP contribution in [0.2, 0.25) is 0 Å². The molecule has 0 bridgehead atoms. The van der Waals surface area contributed by atoms with Gasteiger partial charge in [0.1, 0.15) is 5.01 Å². The van der Waals surface area contributed by atoms with E-state index in [1.165, 1.54) is 11.3 Å². The van der Waals surface area contributed by atoms with E-state index in [-0.39, 0.29) is 6.54 Å². The van der Waals surface area contributed by atoms with E-state index in [0.717, 1.165) is 9.88 Å². The van der Waals surface area contributed by atoms with Crippen molar-refractivity contribution in [3.8, 4) is 0 Å². The molecule has 76 valence electrons. The Kier molecular flexibility index (Phi) is 3.55. The van der Waals surface area contributed by atoms with Crippen molar-refractivity contribution in [2.75, 3.05) is 0 Å². The molecule has 1 heterocycles. The Balaban J connectivity index is 2.41. The Labute approximate surface area is 84.5 Å². The highest BCUT2D eigenvalue weighted by molar-refractivity contribution is 7.11. The number of amides is 2. The Morgan fingerprint density at radius 1 is 1.57 bits per heavy atom. The number of nitrogens with zero attached hydrogens (tertiary/aromatic N) is 1. The molecule has 2 amide bonds. The molecule has 1 aromatic rings. The lowest BCUT2D eigenvalue weighted by Gasteiger charge is -2.00. The molecule has 0 saturated carbocycles. The number of carbonyl (C=O) groups is 2. The van der Waals surface area contributed by atoms with E-state index in [9.17, 15) is 9.59 Å². The maximum Gasteiger partial charge on any atom is 0.323 e. The van der Waals surface area contributed by atoms with E-state index < -0.39 is 11.8 Å². The third-order valence-electron chi connectivity index (χ3n) is 1.41. The zero-order valence-corrected chi connectivity index (χ0v) is 8.35. The summed E-state index contributed by atoms with van der Waals surface area (Å²) < 4.78 is 0. The molecule has 4 N–H and O–H groups in total. The molecular formula is C7H10N4O2S. The molecule has 6 nitrogen and oxygen atoms in total. The van der Waals surface area contributed by atoms with E-state index >= 15 is 0 Å². The van der Waals surface area contributed by atoms with Gasteiger partial charge in [-0.15, -0.1) is 11.3 Å². The van der Waals surface area contributed by atoms with Crippen molar-refractivity contribution in [1.29, 1.82) is 0 Å². The fourth-order valence-electron chi connectivity index (χ4n) is 0.785. The van der Waals surface area contributed by atoms with Crippen molar-refractivity contribution in [3.05, 3.63) is 16.1 Å². The molecule has 0 aliphatic carbocycles. The summed E-state index contributed by atoms with van der Waals surface area (Å²) in [6.45, 7) is 2.15. The van der Waals surface area contributed by atoms with Crippen molar-refractivity contribution >= 4 is 23.2 Å². The zero-order chi connectivity index (χ0) is 10.6. The van der Waals surface area contributed by atoms with Gasteiger partial charge in [-0.2, -0.15) is 0 Å². The zero-order valence-electron chi connectivity index (χ0n) is 7.53. The van der Waals surface area contributed by atoms with Gasteiger partial charge >= 0.3 is 11.8 Å². The van der Waals surface area contributed by atoms with Gasteiger partial charge in [-0.05, 0) is 6.92 Å². The van der Waals surface area contributed by atoms with Gasteiger partial charge in [0.05, 0.1) is 6.54 Å². The molecule has 7 heteroatoms. The van der Waals surface area contributed by atoms with Crippen molar-refractivity contribution in [2.45, 2.75) is 13.5 Å². The molecule has 0 aromatic carbocycles. The fraction of sp³-hybridized carbons (Fsp3) is 0.286. The van der Waals surface area contributed by atoms with Crippen LogP contribution in [0.5, 0.6) is 0 Å². The largest absolute Gasteiger partial charge is 0.341 e. The van der Waals surface area contributed by atoms with Gasteiger partial charge in [0.2, 0.25) is 0 Å². The number of rotatable bonds is 2. The summed E-state index contributed by atoms with van der Waals surface area (Å²) in [7, 11) is 0. The molecule has 0 unspecified atom stereocenters. The fourth-order valence-corrected chi connectivity index (χ4v) is 1.51. The van der Waals surface area contributed by atoms with E-state index in [0.29, 0.717) is 0 Å². The number of thiazole rings is 1. The first-order valence-corrected chi connectivity index (χ1v) is 4.65. The standard InChI is InChI=1S/C7H10N4O2S/c1-4-2-9-5(14-4)3-10-6(12)7(13)11-8/h2H,3,8H2,1H3,(H,10,12)(H,11,13). The molecule has 0 saturated heterocycles. The lowest BCUT2D eigenvalue weighted by Crippen LogP contribution is -2.42. The quantitative estimate of drug-likeness (QED) is 0.256. The SMILES string of the molecule is Cc1cnc(CNC(=O)C(=O)NN)s1. The molecule has 0 aliphatic heterocycles. The number of hydrogen-bond donors (Lipinski definition) is 3. The van der Waals surface area contributed by atoms with E-state index in [1.54, 1.807) is 11.6 Å². The maximum absolute atomic E-state index is 10.9. The molecule has 14 heavy (non-hydrogen) atoms. The minimum atomic E-state index is -0.863. The molecule has 0 aliphatic rings.